The van der Waals surface area contributed by atoms with Crippen molar-refractivity contribution in [2.45, 2.75) is 51.2 Å². The summed E-state index contributed by atoms with van der Waals surface area (Å²) in [5, 5.41) is 13.9. The number of methoxy groups -OCH3 is 1. The van der Waals surface area contributed by atoms with Crippen molar-refractivity contribution in [3.63, 3.8) is 0 Å². The lowest BCUT2D eigenvalue weighted by atomic mass is 9.96. The van der Waals surface area contributed by atoms with Gasteiger partial charge in [0.1, 0.15) is 5.75 Å². The molecule has 0 aromatic heterocycles. The van der Waals surface area contributed by atoms with Crippen molar-refractivity contribution in [2.24, 2.45) is 0 Å². The first-order chi connectivity index (χ1) is 9.11. The van der Waals surface area contributed by atoms with Crippen molar-refractivity contribution in [3.8, 4) is 5.75 Å². The van der Waals surface area contributed by atoms with Gasteiger partial charge < -0.3 is 15.2 Å². The Hall–Kier alpha value is -1.06. The van der Waals surface area contributed by atoms with Gasteiger partial charge in [-0.1, -0.05) is 19.9 Å². The summed E-state index contributed by atoms with van der Waals surface area (Å²) in [6.07, 6.45) is 3.78. The normalized spacial score (nSPS) is 18.4. The van der Waals surface area contributed by atoms with Crippen molar-refractivity contribution >= 4 is 0 Å². The molecule has 106 valence electrons. The van der Waals surface area contributed by atoms with Gasteiger partial charge in [-0.15, -0.1) is 0 Å². The number of aliphatic hydroxyl groups is 1. The SMILES string of the molecule is CCC(O)(CC)CNC1CCc2ccc(OC)cc21. The fourth-order valence-corrected chi connectivity index (χ4v) is 2.73. The Morgan fingerprint density at radius 3 is 2.74 bits per heavy atom. The van der Waals surface area contributed by atoms with E-state index >= 15 is 0 Å². The van der Waals surface area contributed by atoms with Gasteiger partial charge in [-0.2, -0.15) is 0 Å². The number of ether oxygens (including phenoxy) is 1. The topological polar surface area (TPSA) is 41.5 Å². The van der Waals surface area contributed by atoms with Gasteiger partial charge in [-0.25, -0.2) is 0 Å². The number of aryl methyl sites for hydroxylation is 1. The lowest BCUT2D eigenvalue weighted by Gasteiger charge is -2.28. The highest BCUT2D eigenvalue weighted by atomic mass is 16.5. The summed E-state index contributed by atoms with van der Waals surface area (Å²) >= 11 is 0. The molecule has 0 spiro atoms. The van der Waals surface area contributed by atoms with E-state index in [-0.39, 0.29) is 0 Å². The summed E-state index contributed by atoms with van der Waals surface area (Å²) in [7, 11) is 1.70. The van der Waals surface area contributed by atoms with Gasteiger partial charge in [0.2, 0.25) is 0 Å². The van der Waals surface area contributed by atoms with E-state index in [9.17, 15) is 5.11 Å². The quantitative estimate of drug-likeness (QED) is 0.829. The monoisotopic (exact) mass is 263 g/mol. The molecule has 0 bridgehead atoms. The minimum Gasteiger partial charge on any atom is -0.497 e. The first kappa shape index (κ1) is 14.4. The third-order valence-corrected chi connectivity index (χ3v) is 4.42. The number of hydrogen-bond acceptors (Lipinski definition) is 3. The fourth-order valence-electron chi connectivity index (χ4n) is 2.73. The van der Waals surface area contributed by atoms with Crippen LogP contribution in [0.4, 0.5) is 0 Å². The van der Waals surface area contributed by atoms with Gasteiger partial charge in [0.25, 0.3) is 0 Å². The van der Waals surface area contributed by atoms with E-state index < -0.39 is 5.60 Å². The smallest absolute Gasteiger partial charge is 0.119 e. The summed E-state index contributed by atoms with van der Waals surface area (Å²) < 4.78 is 5.30. The molecule has 1 aliphatic rings. The molecule has 1 aliphatic carbocycles. The highest BCUT2D eigenvalue weighted by molar-refractivity contribution is 5.40. The van der Waals surface area contributed by atoms with Crippen molar-refractivity contribution in [1.82, 2.24) is 5.32 Å². The molecule has 1 atom stereocenters. The molecular formula is C16H25NO2. The number of hydrogen-bond donors (Lipinski definition) is 2. The highest BCUT2D eigenvalue weighted by Gasteiger charge is 2.27. The van der Waals surface area contributed by atoms with E-state index in [0.717, 1.165) is 31.4 Å². The Morgan fingerprint density at radius 2 is 2.11 bits per heavy atom. The summed E-state index contributed by atoms with van der Waals surface area (Å²) in [5.41, 5.74) is 2.14. The van der Waals surface area contributed by atoms with Gasteiger partial charge in [0.05, 0.1) is 12.7 Å². The largest absolute Gasteiger partial charge is 0.497 e. The molecular weight excluding hydrogens is 238 g/mol. The van der Waals surface area contributed by atoms with Crippen molar-refractivity contribution in [3.05, 3.63) is 29.3 Å². The van der Waals surface area contributed by atoms with Crippen LogP contribution in [0.15, 0.2) is 18.2 Å². The Labute approximate surface area is 116 Å². The first-order valence-electron chi connectivity index (χ1n) is 7.24. The molecule has 3 heteroatoms. The summed E-state index contributed by atoms with van der Waals surface area (Å²) in [6, 6.07) is 6.64. The van der Waals surface area contributed by atoms with E-state index in [1.807, 2.05) is 19.9 Å². The van der Waals surface area contributed by atoms with E-state index in [4.69, 9.17) is 4.74 Å². The van der Waals surface area contributed by atoms with E-state index in [0.29, 0.717) is 12.6 Å². The van der Waals surface area contributed by atoms with Gasteiger partial charge in [0.15, 0.2) is 0 Å². The van der Waals surface area contributed by atoms with Crippen LogP contribution < -0.4 is 10.1 Å². The molecule has 0 amide bonds. The molecule has 0 aliphatic heterocycles. The van der Waals surface area contributed by atoms with Crippen LogP contribution in [0.25, 0.3) is 0 Å². The molecule has 2 N–H and O–H groups in total. The third-order valence-electron chi connectivity index (χ3n) is 4.42. The number of benzene rings is 1. The molecule has 3 nitrogen and oxygen atoms in total. The number of nitrogens with one attached hydrogen (secondary N) is 1. The van der Waals surface area contributed by atoms with Crippen LogP contribution in [0.3, 0.4) is 0 Å². The molecule has 1 aromatic carbocycles. The number of rotatable bonds is 6. The minimum absolute atomic E-state index is 0.342. The van der Waals surface area contributed by atoms with Crippen LogP contribution in [0, 0.1) is 0 Å². The second kappa shape index (κ2) is 5.93. The average molecular weight is 263 g/mol. The maximum Gasteiger partial charge on any atom is 0.119 e. The zero-order chi connectivity index (χ0) is 13.9. The van der Waals surface area contributed by atoms with Crippen LogP contribution in [0.1, 0.15) is 50.3 Å². The molecule has 0 saturated heterocycles. The number of fused-ring (bicyclic) bond motifs is 1. The molecule has 0 saturated carbocycles. The Morgan fingerprint density at radius 1 is 1.37 bits per heavy atom. The summed E-state index contributed by atoms with van der Waals surface area (Å²) in [4.78, 5) is 0. The third kappa shape index (κ3) is 3.10. The van der Waals surface area contributed by atoms with Crippen LogP contribution in [-0.2, 0) is 6.42 Å². The Kier molecular flexibility index (Phi) is 4.48. The zero-order valence-corrected chi connectivity index (χ0v) is 12.2. The standard InChI is InChI=1S/C16H25NO2/c1-4-16(18,5-2)11-17-15-9-7-12-6-8-13(19-3)10-14(12)15/h6,8,10,15,17-18H,4-5,7,9,11H2,1-3H3. The average Bonchev–Trinajstić information content (AvgIpc) is 2.87. The second-order valence-electron chi connectivity index (χ2n) is 5.47. The van der Waals surface area contributed by atoms with Gasteiger partial charge >= 0.3 is 0 Å². The molecule has 1 aromatic rings. The summed E-state index contributed by atoms with van der Waals surface area (Å²) in [5.74, 6) is 0.911. The van der Waals surface area contributed by atoms with E-state index in [1.165, 1.54) is 11.1 Å². The van der Waals surface area contributed by atoms with Gasteiger partial charge in [-0.3, -0.25) is 0 Å². The predicted octanol–water partition coefficient (Wildman–Crippen LogP) is 2.82. The van der Waals surface area contributed by atoms with E-state index in [1.54, 1.807) is 7.11 Å². The Balaban J connectivity index is 2.05. The molecule has 1 unspecified atom stereocenters. The minimum atomic E-state index is -0.582. The lowest BCUT2D eigenvalue weighted by Crippen LogP contribution is -2.40. The van der Waals surface area contributed by atoms with Crippen molar-refractivity contribution < 1.29 is 9.84 Å². The van der Waals surface area contributed by atoms with Crippen molar-refractivity contribution in [2.75, 3.05) is 13.7 Å². The van der Waals surface area contributed by atoms with Crippen LogP contribution in [0.5, 0.6) is 5.75 Å². The van der Waals surface area contributed by atoms with E-state index in [2.05, 4.69) is 17.4 Å². The molecule has 2 rings (SSSR count). The highest BCUT2D eigenvalue weighted by Crippen LogP contribution is 2.34. The van der Waals surface area contributed by atoms with Crippen molar-refractivity contribution in [1.29, 1.82) is 0 Å². The van der Waals surface area contributed by atoms with Gasteiger partial charge in [0, 0.05) is 12.6 Å². The first-order valence-corrected chi connectivity index (χ1v) is 7.24. The molecule has 19 heavy (non-hydrogen) atoms. The van der Waals surface area contributed by atoms with Crippen LogP contribution >= 0.6 is 0 Å². The maximum atomic E-state index is 10.4. The molecule has 0 heterocycles. The van der Waals surface area contributed by atoms with Gasteiger partial charge in [-0.05, 0) is 48.9 Å². The maximum absolute atomic E-state index is 10.4. The fraction of sp³-hybridized carbons (Fsp3) is 0.625. The summed E-state index contributed by atoms with van der Waals surface area (Å²) in [6.45, 7) is 4.73. The zero-order valence-electron chi connectivity index (χ0n) is 12.2. The lowest BCUT2D eigenvalue weighted by molar-refractivity contribution is 0.0298. The van der Waals surface area contributed by atoms with Crippen LogP contribution in [-0.4, -0.2) is 24.4 Å². The Bertz CT molecular complexity index is 427. The van der Waals surface area contributed by atoms with Crippen LogP contribution in [0.2, 0.25) is 0 Å². The molecule has 0 fully saturated rings. The second-order valence-corrected chi connectivity index (χ2v) is 5.47. The molecule has 0 radical (unpaired) electrons. The predicted molar refractivity (Wildman–Crippen MR) is 77.6 cm³/mol.